The van der Waals surface area contributed by atoms with E-state index in [1.54, 1.807) is 29.1 Å². The predicted molar refractivity (Wildman–Crippen MR) is 86.8 cm³/mol. The lowest BCUT2D eigenvalue weighted by molar-refractivity contribution is 0.212. The number of aromatic nitrogens is 2. The van der Waals surface area contributed by atoms with E-state index >= 15 is 0 Å². The highest BCUT2D eigenvalue weighted by Crippen LogP contribution is 2.31. The second-order valence-electron chi connectivity index (χ2n) is 4.57. The molecule has 1 heterocycles. The molecule has 1 atom stereocenters. The van der Waals surface area contributed by atoms with Crippen molar-refractivity contribution in [2.45, 2.75) is 6.10 Å². The van der Waals surface area contributed by atoms with E-state index in [1.165, 1.54) is 0 Å². The number of nitrogens with zero attached hydrogens (tertiary/aromatic N) is 2. The van der Waals surface area contributed by atoms with Crippen molar-refractivity contribution in [2.24, 2.45) is 0 Å². The molecule has 3 aromatic rings. The molecule has 1 N–H and O–H groups in total. The Morgan fingerprint density at radius 2 is 1.86 bits per heavy atom. The molecule has 0 fully saturated rings. The number of aliphatic hydroxyl groups excluding tert-OH is 1. The Kier molecular flexibility index (Phi) is 4.10. The highest BCUT2D eigenvalue weighted by atomic mass is 79.9. The molecular formula is C16H12BrClN2O. The molecule has 0 saturated carbocycles. The highest BCUT2D eigenvalue weighted by Gasteiger charge is 2.19. The number of benzene rings is 2. The van der Waals surface area contributed by atoms with Gasteiger partial charge >= 0.3 is 0 Å². The minimum Gasteiger partial charge on any atom is -0.382 e. The van der Waals surface area contributed by atoms with Gasteiger partial charge in [0.05, 0.1) is 11.4 Å². The van der Waals surface area contributed by atoms with Crippen LogP contribution >= 0.6 is 27.5 Å². The number of hydrogen-bond donors (Lipinski definition) is 1. The largest absolute Gasteiger partial charge is 0.382 e. The summed E-state index contributed by atoms with van der Waals surface area (Å²) in [6.07, 6.45) is 0.825. The quantitative estimate of drug-likeness (QED) is 0.750. The lowest BCUT2D eigenvalue weighted by atomic mass is 10.1. The number of aliphatic hydroxyl groups is 1. The summed E-state index contributed by atoms with van der Waals surface area (Å²) in [6, 6.07) is 16.9. The van der Waals surface area contributed by atoms with Crippen LogP contribution in [0.15, 0.2) is 65.3 Å². The van der Waals surface area contributed by atoms with E-state index in [0.717, 1.165) is 10.2 Å². The van der Waals surface area contributed by atoms with Gasteiger partial charge < -0.3 is 5.11 Å². The van der Waals surface area contributed by atoms with Crippen molar-refractivity contribution in [3.63, 3.8) is 0 Å². The number of rotatable bonds is 3. The van der Waals surface area contributed by atoms with Crippen molar-refractivity contribution >= 4 is 27.5 Å². The molecule has 0 aliphatic rings. The van der Waals surface area contributed by atoms with Crippen LogP contribution in [-0.2, 0) is 0 Å². The van der Waals surface area contributed by atoms with Crippen LogP contribution in [0, 0.1) is 0 Å². The smallest absolute Gasteiger partial charge is 0.123 e. The van der Waals surface area contributed by atoms with Gasteiger partial charge in [-0.05, 0) is 30.3 Å². The molecule has 1 unspecified atom stereocenters. The Bertz CT molecular complexity index is 758. The summed E-state index contributed by atoms with van der Waals surface area (Å²) in [4.78, 5) is 0. The normalized spacial score (nSPS) is 12.3. The van der Waals surface area contributed by atoms with Gasteiger partial charge in [0.15, 0.2) is 0 Å². The number of hydrogen-bond acceptors (Lipinski definition) is 2. The van der Waals surface area contributed by atoms with Gasteiger partial charge in [0, 0.05) is 21.3 Å². The molecule has 3 nitrogen and oxygen atoms in total. The Morgan fingerprint density at radius 1 is 1.10 bits per heavy atom. The molecular weight excluding hydrogens is 352 g/mol. The fraction of sp³-hybridized carbons (Fsp3) is 0.0625. The molecule has 0 spiro atoms. The van der Waals surface area contributed by atoms with Crippen molar-refractivity contribution in [1.82, 2.24) is 9.78 Å². The first-order chi connectivity index (χ1) is 10.2. The fourth-order valence-electron chi connectivity index (χ4n) is 2.19. The molecule has 0 bridgehead atoms. The first-order valence-electron chi connectivity index (χ1n) is 6.39. The standard InChI is InChI=1S/C16H12BrClN2O/c17-11-6-7-13(14(18)10-11)16(21)15-8-9-19-20(15)12-4-2-1-3-5-12/h1-10,16,21H. The van der Waals surface area contributed by atoms with Gasteiger partial charge in [0.2, 0.25) is 0 Å². The van der Waals surface area contributed by atoms with Crippen LogP contribution < -0.4 is 0 Å². The SMILES string of the molecule is OC(c1ccc(Br)cc1Cl)c1ccnn1-c1ccccc1. The minimum atomic E-state index is -0.840. The maximum absolute atomic E-state index is 10.6. The van der Waals surface area contributed by atoms with E-state index in [0.29, 0.717) is 16.3 Å². The van der Waals surface area contributed by atoms with Crippen LogP contribution in [0.2, 0.25) is 5.02 Å². The Balaban J connectivity index is 2.03. The van der Waals surface area contributed by atoms with Crippen LogP contribution in [0.25, 0.3) is 5.69 Å². The summed E-state index contributed by atoms with van der Waals surface area (Å²) in [6.45, 7) is 0. The van der Waals surface area contributed by atoms with E-state index in [-0.39, 0.29) is 0 Å². The topological polar surface area (TPSA) is 38.1 Å². The van der Waals surface area contributed by atoms with Gasteiger partial charge in [-0.1, -0.05) is 51.8 Å². The lowest BCUT2D eigenvalue weighted by Gasteiger charge is -2.15. The molecule has 0 aliphatic carbocycles. The maximum atomic E-state index is 10.6. The molecule has 0 aliphatic heterocycles. The summed E-state index contributed by atoms with van der Waals surface area (Å²) in [5.41, 5.74) is 2.22. The third-order valence-corrected chi connectivity index (χ3v) is 4.03. The Hall–Kier alpha value is -1.62. The third kappa shape index (κ3) is 2.88. The fourth-order valence-corrected chi connectivity index (χ4v) is 2.96. The summed E-state index contributed by atoms with van der Waals surface area (Å²) in [7, 11) is 0. The molecule has 0 saturated heterocycles. The number of halogens is 2. The predicted octanol–water partition coefficient (Wildman–Crippen LogP) is 4.37. The first-order valence-corrected chi connectivity index (χ1v) is 7.56. The van der Waals surface area contributed by atoms with E-state index < -0.39 is 6.10 Å². The highest BCUT2D eigenvalue weighted by molar-refractivity contribution is 9.10. The zero-order chi connectivity index (χ0) is 14.8. The molecule has 0 radical (unpaired) electrons. The van der Waals surface area contributed by atoms with Crippen molar-refractivity contribution in [2.75, 3.05) is 0 Å². The molecule has 3 rings (SSSR count). The first kappa shape index (κ1) is 14.3. The van der Waals surface area contributed by atoms with Crippen LogP contribution in [0.1, 0.15) is 17.4 Å². The van der Waals surface area contributed by atoms with Crippen molar-refractivity contribution in [1.29, 1.82) is 0 Å². The molecule has 1 aromatic heterocycles. The lowest BCUT2D eigenvalue weighted by Crippen LogP contribution is -2.09. The van der Waals surface area contributed by atoms with Crippen LogP contribution in [-0.4, -0.2) is 14.9 Å². The molecule has 5 heteroatoms. The third-order valence-electron chi connectivity index (χ3n) is 3.21. The Morgan fingerprint density at radius 3 is 2.57 bits per heavy atom. The average molecular weight is 364 g/mol. The second kappa shape index (κ2) is 6.02. The molecule has 2 aromatic carbocycles. The monoisotopic (exact) mass is 362 g/mol. The summed E-state index contributed by atoms with van der Waals surface area (Å²) in [5.74, 6) is 0. The van der Waals surface area contributed by atoms with E-state index in [2.05, 4.69) is 21.0 Å². The van der Waals surface area contributed by atoms with Crippen LogP contribution in [0.3, 0.4) is 0 Å². The average Bonchev–Trinajstić information content (AvgIpc) is 2.97. The van der Waals surface area contributed by atoms with Gasteiger partial charge in [-0.25, -0.2) is 4.68 Å². The summed E-state index contributed by atoms with van der Waals surface area (Å²) < 4.78 is 2.59. The van der Waals surface area contributed by atoms with Gasteiger partial charge in [-0.2, -0.15) is 5.10 Å². The molecule has 0 amide bonds. The van der Waals surface area contributed by atoms with Gasteiger partial charge in [0.25, 0.3) is 0 Å². The van der Waals surface area contributed by atoms with Crippen LogP contribution in [0.5, 0.6) is 0 Å². The zero-order valence-corrected chi connectivity index (χ0v) is 13.3. The molecule has 106 valence electrons. The van der Waals surface area contributed by atoms with E-state index in [9.17, 15) is 5.11 Å². The van der Waals surface area contributed by atoms with Gasteiger partial charge in [0.1, 0.15) is 6.10 Å². The van der Waals surface area contributed by atoms with Crippen molar-refractivity contribution in [3.8, 4) is 5.69 Å². The second-order valence-corrected chi connectivity index (χ2v) is 5.89. The van der Waals surface area contributed by atoms with E-state index in [4.69, 9.17) is 11.6 Å². The van der Waals surface area contributed by atoms with Gasteiger partial charge in [-0.15, -0.1) is 0 Å². The van der Waals surface area contributed by atoms with Crippen molar-refractivity contribution in [3.05, 3.63) is 81.5 Å². The molecule has 21 heavy (non-hydrogen) atoms. The zero-order valence-electron chi connectivity index (χ0n) is 10.9. The number of para-hydroxylation sites is 1. The van der Waals surface area contributed by atoms with Gasteiger partial charge in [-0.3, -0.25) is 0 Å². The summed E-state index contributed by atoms with van der Waals surface area (Å²) in [5, 5.41) is 15.4. The maximum Gasteiger partial charge on any atom is 0.123 e. The van der Waals surface area contributed by atoms with Crippen molar-refractivity contribution < 1.29 is 5.11 Å². The van der Waals surface area contributed by atoms with Crippen LogP contribution in [0.4, 0.5) is 0 Å². The minimum absolute atomic E-state index is 0.512. The van der Waals surface area contributed by atoms with E-state index in [1.807, 2.05) is 36.4 Å². The Labute approximate surface area is 135 Å². The summed E-state index contributed by atoms with van der Waals surface area (Å²) >= 11 is 9.58.